The van der Waals surface area contributed by atoms with Crippen LogP contribution in [0.4, 0.5) is 0 Å². The zero-order valence-electron chi connectivity index (χ0n) is 16.3. The van der Waals surface area contributed by atoms with Crippen molar-refractivity contribution in [3.63, 3.8) is 0 Å². The number of carbonyl (C=O) groups excluding carboxylic acids is 1. The fraction of sp³-hybridized carbons (Fsp3) is 0.250. The first-order valence-corrected chi connectivity index (χ1v) is 9.25. The highest BCUT2D eigenvalue weighted by atomic mass is 16.5. The van der Waals surface area contributed by atoms with E-state index in [0.717, 1.165) is 17.7 Å². The molecular formula is C24H25NO2. The number of benzene rings is 2. The number of aryl methyl sites for hydroxylation is 1. The van der Waals surface area contributed by atoms with E-state index in [1.807, 2.05) is 48.7 Å². The van der Waals surface area contributed by atoms with E-state index in [-0.39, 0.29) is 11.4 Å². The zero-order valence-corrected chi connectivity index (χ0v) is 16.3. The van der Waals surface area contributed by atoms with Crippen LogP contribution >= 0.6 is 0 Å². The molecule has 0 amide bonds. The van der Waals surface area contributed by atoms with Gasteiger partial charge in [-0.2, -0.15) is 0 Å². The molecule has 138 valence electrons. The normalized spacial score (nSPS) is 11.3. The van der Waals surface area contributed by atoms with Crippen molar-refractivity contribution < 1.29 is 9.53 Å². The maximum Gasteiger partial charge on any atom is 0.343 e. The second-order valence-corrected chi connectivity index (χ2v) is 7.65. The zero-order chi connectivity index (χ0) is 19.4. The van der Waals surface area contributed by atoms with Crippen molar-refractivity contribution in [3.05, 3.63) is 83.6 Å². The van der Waals surface area contributed by atoms with Crippen molar-refractivity contribution in [1.29, 1.82) is 0 Å². The first kappa shape index (κ1) is 18.8. The Balaban J connectivity index is 1.70. The third-order valence-corrected chi connectivity index (χ3v) is 4.58. The average molecular weight is 359 g/mol. The van der Waals surface area contributed by atoms with E-state index < -0.39 is 0 Å². The molecule has 0 fully saturated rings. The van der Waals surface area contributed by atoms with Gasteiger partial charge in [0.15, 0.2) is 0 Å². The van der Waals surface area contributed by atoms with Gasteiger partial charge < -0.3 is 4.74 Å². The minimum Gasteiger partial charge on any atom is -0.423 e. The van der Waals surface area contributed by atoms with Crippen LogP contribution in [0.2, 0.25) is 0 Å². The van der Waals surface area contributed by atoms with E-state index in [2.05, 4.69) is 38.7 Å². The molecule has 3 aromatic rings. The maximum absolute atomic E-state index is 12.4. The fourth-order valence-corrected chi connectivity index (χ4v) is 2.77. The lowest BCUT2D eigenvalue weighted by atomic mass is 9.87. The van der Waals surface area contributed by atoms with Crippen molar-refractivity contribution in [2.45, 2.75) is 39.5 Å². The summed E-state index contributed by atoms with van der Waals surface area (Å²) in [6.07, 6.45) is 2.85. The molecular weight excluding hydrogens is 334 g/mol. The Kier molecular flexibility index (Phi) is 5.41. The number of hydrogen-bond donors (Lipinski definition) is 0. The van der Waals surface area contributed by atoms with Crippen LogP contribution in [-0.2, 0) is 11.8 Å². The molecule has 0 aliphatic rings. The van der Waals surface area contributed by atoms with Crippen molar-refractivity contribution >= 4 is 5.97 Å². The predicted molar refractivity (Wildman–Crippen MR) is 109 cm³/mol. The number of aromatic nitrogens is 1. The molecule has 0 unspecified atom stereocenters. The highest BCUT2D eigenvalue weighted by Gasteiger charge is 2.14. The van der Waals surface area contributed by atoms with Gasteiger partial charge in [-0.15, -0.1) is 0 Å². The van der Waals surface area contributed by atoms with Gasteiger partial charge in [-0.25, -0.2) is 4.79 Å². The molecule has 3 heteroatoms. The summed E-state index contributed by atoms with van der Waals surface area (Å²) >= 11 is 0. The Hall–Kier alpha value is -2.94. The molecule has 0 saturated heterocycles. The predicted octanol–water partition coefficient (Wildman–Crippen LogP) is 5.83. The minimum atomic E-state index is -0.362. The van der Waals surface area contributed by atoms with Crippen LogP contribution in [0.3, 0.4) is 0 Å². The van der Waals surface area contributed by atoms with Crippen LogP contribution in [0, 0.1) is 0 Å². The Labute approximate surface area is 161 Å². The Morgan fingerprint density at radius 2 is 1.59 bits per heavy atom. The third kappa shape index (κ3) is 4.62. The van der Waals surface area contributed by atoms with Crippen molar-refractivity contribution in [1.82, 2.24) is 4.98 Å². The summed E-state index contributed by atoms with van der Waals surface area (Å²) in [7, 11) is 0. The summed E-state index contributed by atoms with van der Waals surface area (Å²) in [4.78, 5) is 16.9. The van der Waals surface area contributed by atoms with Gasteiger partial charge in [-0.3, -0.25) is 4.98 Å². The molecule has 0 aliphatic carbocycles. The summed E-state index contributed by atoms with van der Waals surface area (Å²) < 4.78 is 5.49. The molecule has 2 aromatic carbocycles. The van der Waals surface area contributed by atoms with Gasteiger partial charge in [0.1, 0.15) is 5.75 Å². The molecule has 0 aliphatic heterocycles. The lowest BCUT2D eigenvalue weighted by Gasteiger charge is -2.19. The van der Waals surface area contributed by atoms with E-state index in [1.165, 1.54) is 11.1 Å². The van der Waals surface area contributed by atoms with Crippen LogP contribution in [0.5, 0.6) is 5.75 Å². The van der Waals surface area contributed by atoms with Crippen LogP contribution in [0.25, 0.3) is 11.3 Å². The smallest absolute Gasteiger partial charge is 0.343 e. The molecule has 0 N–H and O–H groups in total. The molecule has 0 saturated carbocycles. The molecule has 3 rings (SSSR count). The number of pyridine rings is 1. The number of hydrogen-bond acceptors (Lipinski definition) is 3. The van der Waals surface area contributed by atoms with Gasteiger partial charge >= 0.3 is 5.97 Å². The van der Waals surface area contributed by atoms with Crippen LogP contribution in [0.15, 0.2) is 66.9 Å². The highest BCUT2D eigenvalue weighted by Crippen LogP contribution is 2.25. The summed E-state index contributed by atoms with van der Waals surface area (Å²) in [6.45, 7) is 8.56. The van der Waals surface area contributed by atoms with Crippen LogP contribution in [-0.4, -0.2) is 11.0 Å². The van der Waals surface area contributed by atoms with E-state index in [4.69, 9.17) is 4.74 Å². The van der Waals surface area contributed by atoms with Gasteiger partial charge in [0.25, 0.3) is 0 Å². The number of esters is 1. The number of ether oxygens (including phenoxy) is 1. The molecule has 3 nitrogen and oxygen atoms in total. The van der Waals surface area contributed by atoms with Crippen molar-refractivity contribution in [3.8, 4) is 17.0 Å². The fourth-order valence-electron chi connectivity index (χ4n) is 2.77. The summed E-state index contributed by atoms with van der Waals surface area (Å²) in [5, 5.41) is 0. The molecule has 27 heavy (non-hydrogen) atoms. The Bertz CT molecular complexity index is 903. The van der Waals surface area contributed by atoms with Crippen molar-refractivity contribution in [2.75, 3.05) is 0 Å². The monoisotopic (exact) mass is 359 g/mol. The molecule has 1 heterocycles. The maximum atomic E-state index is 12.4. The highest BCUT2D eigenvalue weighted by molar-refractivity contribution is 5.91. The average Bonchev–Trinajstić information content (AvgIpc) is 2.68. The van der Waals surface area contributed by atoms with Crippen LogP contribution in [0.1, 0.15) is 49.2 Å². The van der Waals surface area contributed by atoms with Crippen LogP contribution < -0.4 is 4.74 Å². The molecule has 0 atom stereocenters. The molecule has 0 bridgehead atoms. The van der Waals surface area contributed by atoms with E-state index in [1.54, 1.807) is 12.1 Å². The summed E-state index contributed by atoms with van der Waals surface area (Å²) in [5.74, 6) is 0.188. The second-order valence-electron chi connectivity index (χ2n) is 7.65. The number of carbonyl (C=O) groups is 1. The van der Waals surface area contributed by atoms with Gasteiger partial charge in [-0.05, 0) is 53.3 Å². The van der Waals surface area contributed by atoms with E-state index in [9.17, 15) is 4.79 Å². The summed E-state index contributed by atoms with van der Waals surface area (Å²) in [5.41, 5.74) is 4.86. The molecule has 1 aromatic heterocycles. The quantitative estimate of drug-likeness (QED) is 0.435. The topological polar surface area (TPSA) is 39.2 Å². The molecule has 0 radical (unpaired) electrons. The van der Waals surface area contributed by atoms with E-state index in [0.29, 0.717) is 11.3 Å². The Morgan fingerprint density at radius 3 is 2.11 bits per heavy atom. The lowest BCUT2D eigenvalue weighted by molar-refractivity contribution is 0.0735. The van der Waals surface area contributed by atoms with Gasteiger partial charge in [-0.1, -0.05) is 58.0 Å². The minimum absolute atomic E-state index is 0.0712. The SMILES string of the molecule is CCc1ccc(-c2ccc(C(=O)Oc3ccc(C(C)(C)C)cc3)cc2)nc1. The van der Waals surface area contributed by atoms with E-state index >= 15 is 0 Å². The lowest BCUT2D eigenvalue weighted by Crippen LogP contribution is -2.11. The first-order chi connectivity index (χ1) is 12.9. The first-order valence-electron chi connectivity index (χ1n) is 9.25. The van der Waals surface area contributed by atoms with Gasteiger partial charge in [0.2, 0.25) is 0 Å². The number of nitrogens with zero attached hydrogens (tertiary/aromatic N) is 1. The Morgan fingerprint density at radius 1 is 0.926 bits per heavy atom. The van der Waals surface area contributed by atoms with Gasteiger partial charge in [0, 0.05) is 11.8 Å². The second kappa shape index (κ2) is 7.75. The van der Waals surface area contributed by atoms with Gasteiger partial charge in [0.05, 0.1) is 11.3 Å². The number of rotatable bonds is 4. The summed E-state index contributed by atoms with van der Waals surface area (Å²) in [6, 6.07) is 19.1. The molecule has 0 spiro atoms. The van der Waals surface area contributed by atoms with Crippen molar-refractivity contribution in [2.24, 2.45) is 0 Å². The largest absolute Gasteiger partial charge is 0.423 e. The third-order valence-electron chi connectivity index (χ3n) is 4.58. The standard InChI is InChI=1S/C24H25NO2/c1-5-17-6-15-22(25-16-17)18-7-9-19(10-8-18)23(26)27-21-13-11-20(12-14-21)24(2,3)4/h6-16H,5H2,1-4H3.